The van der Waals surface area contributed by atoms with Gasteiger partial charge in [-0.05, 0) is 36.5 Å². The summed E-state index contributed by atoms with van der Waals surface area (Å²) in [7, 11) is 0. The van der Waals surface area contributed by atoms with E-state index in [1.165, 1.54) is 4.57 Å². The molecule has 0 saturated heterocycles. The molecule has 1 heterocycles. The summed E-state index contributed by atoms with van der Waals surface area (Å²) >= 11 is 0. The Labute approximate surface area is 187 Å². The highest BCUT2D eigenvalue weighted by Crippen LogP contribution is 2.22. The molecule has 0 radical (unpaired) electrons. The highest BCUT2D eigenvalue weighted by molar-refractivity contribution is 6.38. The van der Waals surface area contributed by atoms with Crippen molar-refractivity contribution in [2.45, 2.75) is 46.3 Å². The minimum absolute atomic E-state index is 0.220. The van der Waals surface area contributed by atoms with Crippen LogP contribution in [0.2, 0.25) is 0 Å². The van der Waals surface area contributed by atoms with Gasteiger partial charge in [-0.2, -0.15) is 0 Å². The first-order valence-electron chi connectivity index (χ1n) is 10.7. The van der Waals surface area contributed by atoms with E-state index in [1.54, 1.807) is 18.3 Å². The number of oxime groups is 1. The lowest BCUT2D eigenvalue weighted by Gasteiger charge is -2.15. The lowest BCUT2D eigenvalue weighted by Crippen LogP contribution is -2.39. The average Bonchev–Trinajstić information content (AvgIpc) is 3.12. The number of carbonyl (C=O) groups excluding carboxylic acids is 1. The third kappa shape index (κ3) is 5.97. The van der Waals surface area contributed by atoms with Crippen molar-refractivity contribution in [3.05, 3.63) is 71.9 Å². The molecule has 1 amide bonds. The molecule has 32 heavy (non-hydrogen) atoms. The van der Waals surface area contributed by atoms with Gasteiger partial charge in [-0.3, -0.25) is 9.36 Å². The Morgan fingerprint density at radius 1 is 1.06 bits per heavy atom. The number of nitrogens with zero attached hydrogens (tertiary/aromatic N) is 2. The maximum Gasteiger partial charge on any atom is 0.416 e. The Bertz CT molecular complexity index is 1100. The highest BCUT2D eigenvalue weighted by atomic mass is 16.6. The number of carbonyl (C=O) groups is 2. The first-order valence-corrected chi connectivity index (χ1v) is 10.7. The molecule has 7 nitrogen and oxygen atoms in total. The number of carboxylic acid groups (broad SMARTS) is 1. The van der Waals surface area contributed by atoms with E-state index in [4.69, 9.17) is 4.84 Å². The summed E-state index contributed by atoms with van der Waals surface area (Å²) in [5, 5.41) is 17.4. The molecular weight excluding hydrogens is 406 g/mol. The summed E-state index contributed by atoms with van der Waals surface area (Å²) in [6.45, 7) is 6.22. The number of fused-ring (bicyclic) bond motifs is 1. The number of para-hydroxylation sites is 1. The molecule has 3 aromatic rings. The highest BCUT2D eigenvalue weighted by Gasteiger charge is 2.19. The van der Waals surface area contributed by atoms with Gasteiger partial charge in [0.15, 0.2) is 0 Å². The van der Waals surface area contributed by atoms with E-state index in [0.29, 0.717) is 30.7 Å². The van der Waals surface area contributed by atoms with E-state index >= 15 is 0 Å². The van der Waals surface area contributed by atoms with Crippen molar-refractivity contribution in [3.63, 3.8) is 0 Å². The molecule has 0 aliphatic rings. The molecule has 0 aliphatic heterocycles. The van der Waals surface area contributed by atoms with Crippen LogP contribution in [0, 0.1) is 5.92 Å². The molecule has 2 aromatic carbocycles. The maximum atomic E-state index is 12.9. The fraction of sp³-hybridized carbons (Fsp3) is 0.320. The zero-order valence-corrected chi connectivity index (χ0v) is 18.6. The standard InChI is InChI=1S/C25H29N3O4/c1-17(2)13-22(27-32-16-19-9-5-4-6-10-19)24(29)26-18(3)14-20-15-28(25(30)31)23-12-8-7-11-21(20)23/h4-12,15,17-18H,13-14,16H2,1-3H3,(H,26,29)(H,30,31)/t18-/m1/s1. The smallest absolute Gasteiger partial charge is 0.416 e. The molecule has 0 fully saturated rings. The van der Waals surface area contributed by atoms with Gasteiger partial charge in [0.1, 0.15) is 12.3 Å². The second kappa shape index (κ2) is 10.6. The van der Waals surface area contributed by atoms with E-state index < -0.39 is 6.09 Å². The molecule has 1 aromatic heterocycles. The number of hydrogen-bond acceptors (Lipinski definition) is 4. The van der Waals surface area contributed by atoms with E-state index in [2.05, 4.69) is 10.5 Å². The number of benzene rings is 2. The summed E-state index contributed by atoms with van der Waals surface area (Å²) in [4.78, 5) is 29.9. The van der Waals surface area contributed by atoms with Crippen LogP contribution in [0.15, 0.2) is 65.9 Å². The van der Waals surface area contributed by atoms with Gasteiger partial charge in [-0.1, -0.05) is 67.5 Å². The Morgan fingerprint density at radius 2 is 1.75 bits per heavy atom. The number of nitrogens with one attached hydrogen (secondary N) is 1. The molecule has 0 unspecified atom stereocenters. The zero-order valence-electron chi connectivity index (χ0n) is 18.6. The van der Waals surface area contributed by atoms with Crippen molar-refractivity contribution in [2.24, 2.45) is 11.1 Å². The van der Waals surface area contributed by atoms with Gasteiger partial charge >= 0.3 is 6.09 Å². The molecule has 0 aliphatic carbocycles. The van der Waals surface area contributed by atoms with Crippen molar-refractivity contribution in [1.29, 1.82) is 0 Å². The average molecular weight is 436 g/mol. The summed E-state index contributed by atoms with van der Waals surface area (Å²) in [6, 6.07) is 16.8. The number of rotatable bonds is 9. The van der Waals surface area contributed by atoms with Crippen LogP contribution in [-0.2, 0) is 22.7 Å². The van der Waals surface area contributed by atoms with Crippen LogP contribution in [0.5, 0.6) is 0 Å². The van der Waals surface area contributed by atoms with E-state index in [0.717, 1.165) is 16.5 Å². The van der Waals surface area contributed by atoms with Crippen molar-refractivity contribution >= 4 is 28.6 Å². The Hall–Kier alpha value is -3.61. The summed E-state index contributed by atoms with van der Waals surface area (Å²) in [6.07, 6.45) is 1.56. The minimum Gasteiger partial charge on any atom is -0.464 e. The normalized spacial score (nSPS) is 12.7. The fourth-order valence-corrected chi connectivity index (χ4v) is 3.58. The van der Waals surface area contributed by atoms with E-state index in [1.807, 2.05) is 63.2 Å². The van der Waals surface area contributed by atoms with Crippen molar-refractivity contribution < 1.29 is 19.5 Å². The third-order valence-corrected chi connectivity index (χ3v) is 5.02. The number of amides is 1. The molecule has 0 bridgehead atoms. The van der Waals surface area contributed by atoms with Crippen LogP contribution in [0.1, 0.15) is 38.3 Å². The fourth-order valence-electron chi connectivity index (χ4n) is 3.58. The van der Waals surface area contributed by atoms with E-state index in [9.17, 15) is 14.7 Å². The van der Waals surface area contributed by atoms with Gasteiger partial charge in [0.2, 0.25) is 0 Å². The first kappa shape index (κ1) is 23.1. The third-order valence-electron chi connectivity index (χ3n) is 5.02. The monoisotopic (exact) mass is 435 g/mol. The van der Waals surface area contributed by atoms with Gasteiger partial charge in [0.05, 0.1) is 5.52 Å². The predicted octanol–water partition coefficient (Wildman–Crippen LogP) is 4.83. The Morgan fingerprint density at radius 3 is 2.44 bits per heavy atom. The molecule has 1 atom stereocenters. The van der Waals surface area contributed by atoms with Crippen LogP contribution in [0.4, 0.5) is 4.79 Å². The molecular formula is C25H29N3O4. The number of hydrogen-bond donors (Lipinski definition) is 2. The SMILES string of the molecule is CC(C)CC(=NOCc1ccccc1)C(=O)N[C@H](C)Cc1cn(C(=O)O)c2ccccc12. The quantitative estimate of drug-likeness (QED) is 0.372. The van der Waals surface area contributed by atoms with Gasteiger partial charge in [-0.25, -0.2) is 4.79 Å². The predicted molar refractivity (Wildman–Crippen MR) is 125 cm³/mol. The molecule has 3 rings (SSSR count). The minimum atomic E-state index is -1.04. The lowest BCUT2D eigenvalue weighted by molar-refractivity contribution is -0.115. The molecule has 7 heteroatoms. The zero-order chi connectivity index (χ0) is 23.1. The molecule has 0 spiro atoms. The van der Waals surface area contributed by atoms with Gasteiger partial charge in [0, 0.05) is 24.0 Å². The lowest BCUT2D eigenvalue weighted by atomic mass is 10.0. The van der Waals surface area contributed by atoms with E-state index in [-0.39, 0.29) is 17.9 Å². The second-order valence-corrected chi connectivity index (χ2v) is 8.30. The van der Waals surface area contributed by atoms with Crippen LogP contribution in [-0.4, -0.2) is 33.4 Å². The number of aromatic nitrogens is 1. The maximum absolute atomic E-state index is 12.9. The summed E-state index contributed by atoms with van der Waals surface area (Å²) in [5.41, 5.74) is 2.81. The van der Waals surface area contributed by atoms with Crippen molar-refractivity contribution in [1.82, 2.24) is 9.88 Å². The Balaban J connectivity index is 1.68. The summed E-state index contributed by atoms with van der Waals surface area (Å²) < 4.78 is 1.21. The van der Waals surface area contributed by atoms with Crippen molar-refractivity contribution in [3.8, 4) is 0 Å². The van der Waals surface area contributed by atoms with Crippen LogP contribution in [0.3, 0.4) is 0 Å². The molecule has 168 valence electrons. The van der Waals surface area contributed by atoms with Crippen LogP contribution >= 0.6 is 0 Å². The molecule has 0 saturated carbocycles. The van der Waals surface area contributed by atoms with Crippen LogP contribution < -0.4 is 5.32 Å². The van der Waals surface area contributed by atoms with Crippen LogP contribution in [0.25, 0.3) is 10.9 Å². The van der Waals surface area contributed by atoms with Gasteiger partial charge < -0.3 is 15.3 Å². The largest absolute Gasteiger partial charge is 0.464 e. The Kier molecular flexibility index (Phi) is 7.65. The molecule has 2 N–H and O–H groups in total. The van der Waals surface area contributed by atoms with Gasteiger partial charge in [-0.15, -0.1) is 0 Å². The topological polar surface area (TPSA) is 92.9 Å². The summed E-state index contributed by atoms with van der Waals surface area (Å²) in [5.74, 6) is -0.0371. The first-order chi connectivity index (χ1) is 15.3. The second-order valence-electron chi connectivity index (χ2n) is 8.30. The van der Waals surface area contributed by atoms with Gasteiger partial charge in [0.25, 0.3) is 5.91 Å². The van der Waals surface area contributed by atoms with Crippen molar-refractivity contribution in [2.75, 3.05) is 0 Å².